The van der Waals surface area contributed by atoms with Crippen LogP contribution < -0.4 is 0 Å². The summed E-state index contributed by atoms with van der Waals surface area (Å²) in [6, 6.07) is 0. The van der Waals surface area contributed by atoms with Crippen LogP contribution in [0.4, 0.5) is 0 Å². The van der Waals surface area contributed by atoms with Gasteiger partial charge in [-0.25, -0.2) is 0 Å². The maximum Gasteiger partial charge on any atom is -0.0237 e. The molecule has 0 bridgehead atoms. The smallest absolute Gasteiger partial charge is 0.0237 e. The van der Waals surface area contributed by atoms with Crippen molar-refractivity contribution in [1.82, 2.24) is 0 Å². The van der Waals surface area contributed by atoms with Gasteiger partial charge < -0.3 is 0 Å². The zero-order chi connectivity index (χ0) is 12.2. The summed E-state index contributed by atoms with van der Waals surface area (Å²) in [4.78, 5) is 0. The molecule has 0 aliphatic heterocycles. The van der Waals surface area contributed by atoms with Crippen molar-refractivity contribution in [2.45, 2.75) is 96.1 Å². The Labute approximate surface area is 111 Å². The molecule has 1 aliphatic carbocycles. The highest BCUT2D eigenvalue weighted by Gasteiger charge is 2.12. The molecule has 1 aliphatic rings. The van der Waals surface area contributed by atoms with Gasteiger partial charge in [0.1, 0.15) is 0 Å². The van der Waals surface area contributed by atoms with Gasteiger partial charge in [-0.05, 0) is 31.1 Å². The van der Waals surface area contributed by atoms with Crippen molar-refractivity contribution in [3.05, 3.63) is 0 Å². The van der Waals surface area contributed by atoms with E-state index in [-0.39, 0.29) is 0 Å². The van der Waals surface area contributed by atoms with E-state index < -0.39 is 0 Å². The van der Waals surface area contributed by atoms with Crippen molar-refractivity contribution in [2.24, 2.45) is 0 Å². The molecule has 1 fully saturated rings. The summed E-state index contributed by atoms with van der Waals surface area (Å²) in [6.07, 6.45) is 21.0. The second kappa shape index (κ2) is 11.5. The van der Waals surface area contributed by atoms with E-state index >= 15 is 0 Å². The fourth-order valence-corrected chi connectivity index (χ4v) is 4.55. The quantitative estimate of drug-likeness (QED) is 0.325. The van der Waals surface area contributed by atoms with E-state index in [2.05, 4.69) is 6.92 Å². The minimum atomic E-state index is 1.13. The molecule has 1 saturated carbocycles. The Bertz CT molecular complexity index is 150. The first-order valence-electron chi connectivity index (χ1n) is 8.17. The highest BCUT2D eigenvalue weighted by molar-refractivity contribution is 7.38. The first-order chi connectivity index (χ1) is 8.43. The lowest BCUT2D eigenvalue weighted by Crippen LogP contribution is -2.06. The van der Waals surface area contributed by atoms with Crippen LogP contribution in [0, 0.1) is 0 Å². The molecule has 1 atom stereocenters. The molecule has 0 aromatic heterocycles. The van der Waals surface area contributed by atoms with Gasteiger partial charge in [-0.1, -0.05) is 71.1 Å². The van der Waals surface area contributed by atoms with Crippen LogP contribution in [-0.2, 0) is 0 Å². The lowest BCUT2D eigenvalue weighted by molar-refractivity contribution is 0.512. The van der Waals surface area contributed by atoms with E-state index in [1.54, 1.807) is 19.0 Å². The van der Waals surface area contributed by atoms with Crippen LogP contribution in [0.15, 0.2) is 0 Å². The molecule has 1 rings (SSSR count). The van der Waals surface area contributed by atoms with E-state index in [0.717, 1.165) is 5.66 Å². The van der Waals surface area contributed by atoms with Crippen molar-refractivity contribution >= 4 is 8.58 Å². The van der Waals surface area contributed by atoms with Crippen LogP contribution in [0.3, 0.4) is 0 Å². The Morgan fingerprint density at radius 1 is 0.765 bits per heavy atom. The van der Waals surface area contributed by atoms with Crippen molar-refractivity contribution < 1.29 is 0 Å². The van der Waals surface area contributed by atoms with Crippen molar-refractivity contribution in [3.63, 3.8) is 0 Å². The van der Waals surface area contributed by atoms with Crippen molar-refractivity contribution in [3.8, 4) is 0 Å². The van der Waals surface area contributed by atoms with Crippen LogP contribution in [0.5, 0.6) is 0 Å². The molecule has 0 heterocycles. The van der Waals surface area contributed by atoms with Crippen molar-refractivity contribution in [2.75, 3.05) is 6.16 Å². The third-order valence-corrected chi connectivity index (χ3v) is 5.87. The van der Waals surface area contributed by atoms with E-state index in [9.17, 15) is 0 Å². The fraction of sp³-hybridized carbons (Fsp3) is 1.00. The van der Waals surface area contributed by atoms with Crippen LogP contribution >= 0.6 is 8.58 Å². The van der Waals surface area contributed by atoms with Crippen molar-refractivity contribution in [1.29, 1.82) is 0 Å². The Morgan fingerprint density at radius 2 is 1.35 bits per heavy atom. The minimum absolute atomic E-state index is 1.13. The third kappa shape index (κ3) is 9.06. The summed E-state index contributed by atoms with van der Waals surface area (Å²) in [7, 11) is 1.29. The predicted octanol–water partition coefficient (Wildman–Crippen LogP) is 6.14. The second-order valence-corrected chi connectivity index (χ2v) is 7.49. The minimum Gasteiger partial charge on any atom is -0.119 e. The largest absolute Gasteiger partial charge is 0.119 e. The first kappa shape index (κ1) is 15.5. The third-order valence-electron chi connectivity index (χ3n) is 4.07. The Morgan fingerprint density at radius 3 is 2.00 bits per heavy atom. The molecule has 0 saturated heterocycles. The summed E-state index contributed by atoms with van der Waals surface area (Å²) < 4.78 is 0. The molecule has 0 amide bonds. The Hall–Kier alpha value is 0.430. The molecule has 102 valence electrons. The van der Waals surface area contributed by atoms with Gasteiger partial charge in [0.2, 0.25) is 0 Å². The van der Waals surface area contributed by atoms with Gasteiger partial charge in [-0.3, -0.25) is 0 Å². The molecule has 0 N–H and O–H groups in total. The summed E-state index contributed by atoms with van der Waals surface area (Å²) in [5, 5.41) is 0. The maximum absolute atomic E-state index is 2.30. The Balaban J connectivity index is 1.75. The molecule has 0 spiro atoms. The number of unbranched alkanes of at least 4 members (excludes halogenated alkanes) is 7. The van der Waals surface area contributed by atoms with Crippen LogP contribution in [0.2, 0.25) is 0 Å². The molecule has 1 heteroatoms. The highest BCUT2D eigenvalue weighted by Crippen LogP contribution is 2.33. The van der Waals surface area contributed by atoms with Crippen LogP contribution in [0.25, 0.3) is 0 Å². The average Bonchev–Trinajstić information content (AvgIpc) is 2.38. The molecule has 0 nitrogen and oxygen atoms in total. The first-order valence-corrected chi connectivity index (χ1v) is 9.45. The highest BCUT2D eigenvalue weighted by atomic mass is 31.1. The van der Waals surface area contributed by atoms with Gasteiger partial charge in [-0.2, -0.15) is 0 Å². The number of rotatable bonds is 10. The Kier molecular flexibility index (Phi) is 10.5. The second-order valence-electron chi connectivity index (χ2n) is 5.76. The van der Waals surface area contributed by atoms with E-state index in [4.69, 9.17) is 0 Å². The molecule has 17 heavy (non-hydrogen) atoms. The van der Waals surface area contributed by atoms with Gasteiger partial charge in [0.15, 0.2) is 0 Å². The number of hydrogen-bond donors (Lipinski definition) is 0. The molecular formula is C16H33P. The van der Waals surface area contributed by atoms with Gasteiger partial charge >= 0.3 is 0 Å². The van der Waals surface area contributed by atoms with E-state index in [1.165, 1.54) is 79.2 Å². The van der Waals surface area contributed by atoms with E-state index in [0.29, 0.717) is 0 Å². The fourth-order valence-electron chi connectivity index (χ4n) is 2.87. The van der Waals surface area contributed by atoms with Gasteiger partial charge in [0.25, 0.3) is 0 Å². The summed E-state index contributed by atoms with van der Waals surface area (Å²) >= 11 is 0. The molecule has 0 radical (unpaired) electrons. The topological polar surface area (TPSA) is 0 Å². The van der Waals surface area contributed by atoms with E-state index in [1.807, 2.05) is 0 Å². The lowest BCUT2D eigenvalue weighted by Gasteiger charge is -2.21. The average molecular weight is 256 g/mol. The summed E-state index contributed by atoms with van der Waals surface area (Å²) in [6.45, 7) is 2.30. The molecular weight excluding hydrogens is 223 g/mol. The molecule has 1 unspecified atom stereocenters. The van der Waals surface area contributed by atoms with Crippen LogP contribution in [0.1, 0.15) is 90.4 Å². The summed E-state index contributed by atoms with van der Waals surface area (Å²) in [5.41, 5.74) is 1.13. The monoisotopic (exact) mass is 256 g/mol. The zero-order valence-corrected chi connectivity index (χ0v) is 13.0. The normalized spacial score (nSPS) is 18.2. The lowest BCUT2D eigenvalue weighted by atomic mass is 10.0. The standard InChI is InChI=1S/C16H33P/c1-2-3-4-5-6-7-8-12-15-17-16-13-10-9-11-14-16/h16-17H,2-15H2,1H3. The number of hydrogen-bond acceptors (Lipinski definition) is 0. The zero-order valence-electron chi connectivity index (χ0n) is 12.0. The van der Waals surface area contributed by atoms with Gasteiger partial charge in [0, 0.05) is 0 Å². The SMILES string of the molecule is CCCCCCCCCCPC1CCCCC1. The maximum atomic E-state index is 2.30. The van der Waals surface area contributed by atoms with Gasteiger partial charge in [0.05, 0.1) is 0 Å². The molecule has 0 aromatic carbocycles. The predicted molar refractivity (Wildman–Crippen MR) is 82.7 cm³/mol. The summed E-state index contributed by atoms with van der Waals surface area (Å²) in [5.74, 6) is 0. The van der Waals surface area contributed by atoms with Gasteiger partial charge in [-0.15, -0.1) is 8.58 Å². The van der Waals surface area contributed by atoms with Crippen LogP contribution in [-0.4, -0.2) is 11.8 Å². The molecule has 0 aromatic rings.